The van der Waals surface area contributed by atoms with E-state index in [1.807, 2.05) is 17.0 Å². The monoisotopic (exact) mass is 340 g/mol. The highest BCUT2D eigenvalue weighted by Gasteiger charge is 2.34. The predicted octanol–water partition coefficient (Wildman–Crippen LogP) is 3.27. The third kappa shape index (κ3) is 3.61. The minimum Gasteiger partial charge on any atom is -0.381 e. The number of amides is 1. The van der Waals surface area contributed by atoms with Gasteiger partial charge in [0.05, 0.1) is 6.10 Å². The quantitative estimate of drug-likeness (QED) is 0.838. The average molecular weight is 340 g/mol. The zero-order valence-electron chi connectivity index (χ0n) is 14.6. The van der Waals surface area contributed by atoms with Crippen LogP contribution in [0.15, 0.2) is 40.9 Å². The third-order valence-electron chi connectivity index (χ3n) is 5.32. The fourth-order valence-corrected chi connectivity index (χ4v) is 3.73. The van der Waals surface area contributed by atoms with Crippen molar-refractivity contribution < 1.29 is 14.1 Å². The molecule has 132 valence electrons. The van der Waals surface area contributed by atoms with Crippen LogP contribution in [0.2, 0.25) is 0 Å². The highest BCUT2D eigenvalue weighted by atomic mass is 16.5. The molecule has 0 radical (unpaired) electrons. The molecule has 1 amide bonds. The Morgan fingerprint density at radius 2 is 2.08 bits per heavy atom. The Hall–Kier alpha value is -2.14. The second-order valence-electron chi connectivity index (χ2n) is 7.15. The molecule has 2 aliphatic rings. The molecule has 1 saturated heterocycles. The van der Waals surface area contributed by atoms with Crippen LogP contribution in [0.1, 0.15) is 47.0 Å². The van der Waals surface area contributed by atoms with Crippen LogP contribution in [-0.4, -0.2) is 42.3 Å². The molecule has 1 aromatic carbocycles. The van der Waals surface area contributed by atoms with Gasteiger partial charge in [-0.15, -0.1) is 0 Å². The largest absolute Gasteiger partial charge is 0.381 e. The van der Waals surface area contributed by atoms with Gasteiger partial charge in [0.15, 0.2) is 5.69 Å². The predicted molar refractivity (Wildman–Crippen MR) is 93.4 cm³/mol. The zero-order chi connectivity index (χ0) is 17.2. The molecule has 1 aliphatic carbocycles. The van der Waals surface area contributed by atoms with E-state index in [2.05, 4.69) is 29.4 Å². The zero-order valence-corrected chi connectivity index (χ0v) is 14.6. The lowest BCUT2D eigenvalue weighted by Gasteiger charge is -2.37. The molecule has 2 fully saturated rings. The number of likely N-dealkylation sites (tertiary alicyclic amines) is 1. The minimum atomic E-state index is -0.0248. The van der Waals surface area contributed by atoms with Gasteiger partial charge in [0.2, 0.25) is 0 Å². The van der Waals surface area contributed by atoms with E-state index in [4.69, 9.17) is 9.26 Å². The van der Waals surface area contributed by atoms with Gasteiger partial charge in [0.1, 0.15) is 5.76 Å². The number of carbonyl (C=O) groups excluding carboxylic acids is 1. The van der Waals surface area contributed by atoms with Crippen LogP contribution in [0.3, 0.4) is 0 Å². The van der Waals surface area contributed by atoms with E-state index in [1.54, 1.807) is 7.11 Å². The van der Waals surface area contributed by atoms with Crippen molar-refractivity contribution in [3.05, 3.63) is 53.4 Å². The lowest BCUT2D eigenvalue weighted by atomic mass is 9.88. The molecular weight excluding hydrogens is 316 g/mol. The van der Waals surface area contributed by atoms with Gasteiger partial charge in [0.25, 0.3) is 5.91 Å². The first-order chi connectivity index (χ1) is 12.2. The summed E-state index contributed by atoms with van der Waals surface area (Å²) in [6.45, 7) is 1.39. The molecule has 0 bridgehead atoms. The Labute approximate surface area is 147 Å². The van der Waals surface area contributed by atoms with E-state index < -0.39 is 0 Å². The van der Waals surface area contributed by atoms with Crippen molar-refractivity contribution in [3.63, 3.8) is 0 Å². The second kappa shape index (κ2) is 7.00. The summed E-state index contributed by atoms with van der Waals surface area (Å²) in [4.78, 5) is 14.7. The SMILES string of the molecule is CO[C@@H]1CCN(C(=O)c2cc(C3CC3)on2)C[C@@H]1Cc1ccccc1. The summed E-state index contributed by atoms with van der Waals surface area (Å²) in [7, 11) is 1.76. The van der Waals surface area contributed by atoms with Crippen molar-refractivity contribution in [2.24, 2.45) is 5.92 Å². The highest BCUT2D eigenvalue weighted by Crippen LogP contribution is 2.40. The number of nitrogens with zero attached hydrogens (tertiary/aromatic N) is 2. The molecule has 2 heterocycles. The maximum atomic E-state index is 12.8. The molecule has 2 aromatic rings. The fourth-order valence-electron chi connectivity index (χ4n) is 3.73. The van der Waals surface area contributed by atoms with Crippen molar-refractivity contribution in [1.82, 2.24) is 10.1 Å². The van der Waals surface area contributed by atoms with Crippen molar-refractivity contribution in [3.8, 4) is 0 Å². The van der Waals surface area contributed by atoms with E-state index in [1.165, 1.54) is 5.56 Å². The summed E-state index contributed by atoms with van der Waals surface area (Å²) in [5.41, 5.74) is 1.72. The van der Waals surface area contributed by atoms with Gasteiger partial charge in [-0.1, -0.05) is 35.5 Å². The van der Waals surface area contributed by atoms with Crippen molar-refractivity contribution in [2.45, 2.75) is 37.7 Å². The number of carbonyl (C=O) groups is 1. The van der Waals surface area contributed by atoms with Gasteiger partial charge in [-0.05, 0) is 31.2 Å². The normalized spacial score (nSPS) is 23.6. The minimum absolute atomic E-state index is 0.0248. The molecule has 1 aromatic heterocycles. The Morgan fingerprint density at radius 1 is 1.28 bits per heavy atom. The number of hydrogen-bond donors (Lipinski definition) is 0. The van der Waals surface area contributed by atoms with Crippen LogP contribution in [0.5, 0.6) is 0 Å². The van der Waals surface area contributed by atoms with Crippen LogP contribution in [-0.2, 0) is 11.2 Å². The Bertz CT molecular complexity index is 724. The van der Waals surface area contributed by atoms with E-state index >= 15 is 0 Å². The standard InChI is InChI=1S/C20H24N2O3/c1-24-18-9-10-22(13-16(18)11-14-5-3-2-4-6-14)20(23)17-12-19(25-21-17)15-7-8-15/h2-6,12,15-16,18H,7-11,13H2,1H3/t16-,18+/m0/s1. The number of rotatable bonds is 5. The summed E-state index contributed by atoms with van der Waals surface area (Å²) < 4.78 is 11.0. The van der Waals surface area contributed by atoms with Crippen LogP contribution < -0.4 is 0 Å². The Kier molecular flexibility index (Phi) is 4.57. The Morgan fingerprint density at radius 3 is 2.80 bits per heavy atom. The molecule has 25 heavy (non-hydrogen) atoms. The van der Waals surface area contributed by atoms with Crippen molar-refractivity contribution >= 4 is 5.91 Å². The molecule has 2 atom stereocenters. The van der Waals surface area contributed by atoms with Crippen LogP contribution >= 0.6 is 0 Å². The van der Waals surface area contributed by atoms with Gasteiger partial charge < -0.3 is 14.2 Å². The van der Waals surface area contributed by atoms with E-state index in [0.717, 1.165) is 31.4 Å². The maximum Gasteiger partial charge on any atom is 0.276 e. The first-order valence-electron chi connectivity index (χ1n) is 9.07. The number of ether oxygens (including phenoxy) is 1. The number of hydrogen-bond acceptors (Lipinski definition) is 4. The van der Waals surface area contributed by atoms with E-state index in [-0.39, 0.29) is 12.0 Å². The number of piperidine rings is 1. The smallest absolute Gasteiger partial charge is 0.276 e. The first-order valence-corrected chi connectivity index (χ1v) is 9.07. The lowest BCUT2D eigenvalue weighted by Crippen LogP contribution is -2.47. The Balaban J connectivity index is 1.45. The second-order valence-corrected chi connectivity index (χ2v) is 7.15. The van der Waals surface area contributed by atoms with Crippen LogP contribution in [0, 0.1) is 5.92 Å². The molecule has 5 heteroatoms. The van der Waals surface area contributed by atoms with Gasteiger partial charge in [-0.25, -0.2) is 0 Å². The third-order valence-corrected chi connectivity index (χ3v) is 5.32. The van der Waals surface area contributed by atoms with Gasteiger partial charge in [0, 0.05) is 38.1 Å². The van der Waals surface area contributed by atoms with Gasteiger partial charge in [-0.2, -0.15) is 0 Å². The van der Waals surface area contributed by atoms with Gasteiger partial charge in [-0.3, -0.25) is 4.79 Å². The number of methoxy groups -OCH3 is 1. The fraction of sp³-hybridized carbons (Fsp3) is 0.500. The summed E-state index contributed by atoms with van der Waals surface area (Å²) in [6, 6.07) is 12.2. The van der Waals surface area contributed by atoms with E-state index in [9.17, 15) is 4.79 Å². The molecule has 0 unspecified atom stereocenters. The van der Waals surface area contributed by atoms with Gasteiger partial charge >= 0.3 is 0 Å². The molecule has 4 rings (SSSR count). The topological polar surface area (TPSA) is 55.6 Å². The molecule has 1 aliphatic heterocycles. The molecule has 0 N–H and O–H groups in total. The molecule has 5 nitrogen and oxygen atoms in total. The van der Waals surface area contributed by atoms with Crippen molar-refractivity contribution in [2.75, 3.05) is 20.2 Å². The average Bonchev–Trinajstić information content (AvgIpc) is 3.39. The maximum absolute atomic E-state index is 12.8. The van der Waals surface area contributed by atoms with Crippen molar-refractivity contribution in [1.29, 1.82) is 0 Å². The highest BCUT2D eigenvalue weighted by molar-refractivity contribution is 5.92. The first kappa shape index (κ1) is 16.3. The molecular formula is C20H24N2O3. The summed E-state index contributed by atoms with van der Waals surface area (Å²) >= 11 is 0. The lowest BCUT2D eigenvalue weighted by molar-refractivity contribution is -0.00327. The molecule has 1 saturated carbocycles. The summed E-state index contributed by atoms with van der Waals surface area (Å²) in [5.74, 6) is 1.60. The number of aromatic nitrogens is 1. The summed E-state index contributed by atoms with van der Waals surface area (Å²) in [5, 5.41) is 4.00. The van der Waals surface area contributed by atoms with Crippen LogP contribution in [0.25, 0.3) is 0 Å². The molecule has 0 spiro atoms. The number of benzene rings is 1. The summed E-state index contributed by atoms with van der Waals surface area (Å²) in [6.07, 6.45) is 4.23. The van der Waals surface area contributed by atoms with E-state index in [0.29, 0.717) is 30.6 Å². The van der Waals surface area contributed by atoms with Crippen LogP contribution in [0.4, 0.5) is 0 Å².